The SMILES string of the molecule is Cc1c[nH]c(=O)n1-c1ccccc1NS(=O)(=O)c1cccc(-n2cnnn2)c1. The van der Waals surface area contributed by atoms with Crippen LogP contribution in [0, 0.1) is 6.92 Å². The number of rotatable bonds is 5. The topological polar surface area (TPSA) is 128 Å². The molecule has 11 heteroatoms. The number of aromatic amines is 1. The number of tetrazole rings is 1. The number of hydrogen-bond donors (Lipinski definition) is 2. The Hall–Kier alpha value is -3.73. The summed E-state index contributed by atoms with van der Waals surface area (Å²) in [6.45, 7) is 1.75. The summed E-state index contributed by atoms with van der Waals surface area (Å²) in [6, 6.07) is 12.9. The van der Waals surface area contributed by atoms with Crippen molar-refractivity contribution in [2.45, 2.75) is 11.8 Å². The minimum atomic E-state index is -3.92. The van der Waals surface area contributed by atoms with E-state index in [0.29, 0.717) is 17.1 Å². The van der Waals surface area contributed by atoms with Crippen LogP contribution in [-0.2, 0) is 10.0 Å². The molecule has 10 nitrogen and oxygen atoms in total. The molecule has 0 aliphatic heterocycles. The second kappa shape index (κ2) is 6.78. The highest BCUT2D eigenvalue weighted by Gasteiger charge is 2.18. The number of benzene rings is 2. The molecule has 0 aliphatic carbocycles. The molecule has 4 rings (SSSR count). The van der Waals surface area contributed by atoms with Crippen molar-refractivity contribution in [2.24, 2.45) is 0 Å². The van der Waals surface area contributed by atoms with E-state index in [-0.39, 0.29) is 16.3 Å². The van der Waals surface area contributed by atoms with Crippen molar-refractivity contribution in [2.75, 3.05) is 4.72 Å². The van der Waals surface area contributed by atoms with Crippen LogP contribution in [0.3, 0.4) is 0 Å². The maximum Gasteiger partial charge on any atom is 0.330 e. The van der Waals surface area contributed by atoms with Crippen LogP contribution in [-0.4, -0.2) is 38.2 Å². The number of nitrogens with one attached hydrogen (secondary N) is 2. The van der Waals surface area contributed by atoms with Gasteiger partial charge in [0.05, 0.1) is 22.0 Å². The van der Waals surface area contributed by atoms with Crippen LogP contribution in [0.1, 0.15) is 5.69 Å². The van der Waals surface area contributed by atoms with Gasteiger partial charge in [-0.15, -0.1) is 5.10 Å². The Bertz CT molecular complexity index is 1290. The highest BCUT2D eigenvalue weighted by molar-refractivity contribution is 7.92. The van der Waals surface area contributed by atoms with Gasteiger partial charge in [0.15, 0.2) is 0 Å². The fourth-order valence-electron chi connectivity index (χ4n) is 2.79. The molecule has 0 amide bonds. The summed E-state index contributed by atoms with van der Waals surface area (Å²) in [5, 5.41) is 10.9. The fraction of sp³-hybridized carbons (Fsp3) is 0.0588. The number of sulfonamides is 1. The summed E-state index contributed by atoms with van der Waals surface area (Å²) in [7, 11) is -3.92. The van der Waals surface area contributed by atoms with Crippen LogP contribution < -0.4 is 10.4 Å². The number of hydrogen-bond acceptors (Lipinski definition) is 6. The van der Waals surface area contributed by atoms with Gasteiger partial charge >= 0.3 is 5.69 Å². The van der Waals surface area contributed by atoms with E-state index in [0.717, 1.165) is 0 Å². The Balaban J connectivity index is 1.74. The van der Waals surface area contributed by atoms with Gasteiger partial charge in [0.25, 0.3) is 10.0 Å². The zero-order valence-corrected chi connectivity index (χ0v) is 15.5. The van der Waals surface area contributed by atoms with Crippen LogP contribution in [0.15, 0.2) is 70.7 Å². The molecule has 0 saturated carbocycles. The minimum absolute atomic E-state index is 0.0356. The number of aromatic nitrogens is 6. The Labute approximate surface area is 159 Å². The first-order chi connectivity index (χ1) is 13.5. The molecule has 0 radical (unpaired) electrons. The molecule has 0 atom stereocenters. The number of nitrogens with zero attached hydrogens (tertiary/aromatic N) is 5. The number of imidazole rings is 1. The van der Waals surface area contributed by atoms with Gasteiger partial charge in [0.2, 0.25) is 0 Å². The molecule has 0 spiro atoms. The molecule has 0 bridgehead atoms. The lowest BCUT2D eigenvalue weighted by molar-refractivity contribution is 0.601. The second-order valence-electron chi connectivity index (χ2n) is 5.95. The maximum absolute atomic E-state index is 12.9. The average molecular weight is 397 g/mol. The molecule has 2 heterocycles. The molecule has 2 aromatic carbocycles. The Kier molecular flexibility index (Phi) is 4.28. The van der Waals surface area contributed by atoms with E-state index in [1.165, 1.54) is 27.7 Å². The summed E-state index contributed by atoms with van der Waals surface area (Å²) >= 11 is 0. The maximum atomic E-state index is 12.9. The first-order valence-corrected chi connectivity index (χ1v) is 9.67. The predicted octanol–water partition coefficient (Wildman–Crippen LogP) is 1.25. The molecule has 0 fully saturated rings. The number of anilines is 1. The van der Waals surface area contributed by atoms with Crippen molar-refractivity contribution >= 4 is 15.7 Å². The second-order valence-corrected chi connectivity index (χ2v) is 7.63. The zero-order chi connectivity index (χ0) is 19.7. The van der Waals surface area contributed by atoms with Crippen molar-refractivity contribution in [3.8, 4) is 11.4 Å². The third-order valence-electron chi connectivity index (χ3n) is 4.09. The average Bonchev–Trinajstić information content (AvgIpc) is 3.33. The number of H-pyrrole nitrogens is 1. The first-order valence-electron chi connectivity index (χ1n) is 8.18. The molecule has 28 heavy (non-hydrogen) atoms. The van der Waals surface area contributed by atoms with Crippen LogP contribution in [0.5, 0.6) is 0 Å². The molecule has 142 valence electrons. The van der Waals surface area contributed by atoms with Gasteiger partial charge in [-0.05, 0) is 47.7 Å². The molecule has 0 aliphatic rings. The lowest BCUT2D eigenvalue weighted by atomic mass is 10.2. The smallest absolute Gasteiger partial charge is 0.312 e. The Morgan fingerprint density at radius 2 is 1.93 bits per heavy atom. The highest BCUT2D eigenvalue weighted by atomic mass is 32.2. The van der Waals surface area contributed by atoms with Gasteiger partial charge in [-0.25, -0.2) is 17.9 Å². The number of aryl methyl sites for hydroxylation is 1. The van der Waals surface area contributed by atoms with E-state index in [4.69, 9.17) is 0 Å². The summed E-state index contributed by atoms with van der Waals surface area (Å²) in [5.74, 6) is 0. The van der Waals surface area contributed by atoms with E-state index < -0.39 is 10.0 Å². The molecular formula is C17H15N7O3S. The van der Waals surface area contributed by atoms with Crippen LogP contribution in [0.25, 0.3) is 11.4 Å². The zero-order valence-electron chi connectivity index (χ0n) is 14.6. The van der Waals surface area contributed by atoms with Gasteiger partial charge < -0.3 is 4.98 Å². The van der Waals surface area contributed by atoms with Gasteiger partial charge in [0, 0.05) is 11.9 Å². The van der Waals surface area contributed by atoms with Gasteiger partial charge in [-0.1, -0.05) is 18.2 Å². The van der Waals surface area contributed by atoms with Crippen LogP contribution >= 0.6 is 0 Å². The van der Waals surface area contributed by atoms with Crippen molar-refractivity contribution in [1.82, 2.24) is 29.8 Å². The molecule has 2 N–H and O–H groups in total. The highest BCUT2D eigenvalue weighted by Crippen LogP contribution is 2.24. The summed E-state index contributed by atoms with van der Waals surface area (Å²) < 4.78 is 31.2. The monoisotopic (exact) mass is 397 g/mol. The molecule has 0 unspecified atom stereocenters. The van der Waals surface area contributed by atoms with Crippen LogP contribution in [0.4, 0.5) is 5.69 Å². The van der Waals surface area contributed by atoms with E-state index in [9.17, 15) is 13.2 Å². The first kappa shape index (κ1) is 17.7. The third-order valence-corrected chi connectivity index (χ3v) is 5.45. The quantitative estimate of drug-likeness (QED) is 0.522. The van der Waals surface area contributed by atoms with Crippen molar-refractivity contribution in [1.29, 1.82) is 0 Å². The third kappa shape index (κ3) is 3.18. The fourth-order valence-corrected chi connectivity index (χ4v) is 3.90. The predicted molar refractivity (Wildman–Crippen MR) is 101 cm³/mol. The lowest BCUT2D eigenvalue weighted by Gasteiger charge is -2.14. The van der Waals surface area contributed by atoms with Crippen molar-refractivity contribution < 1.29 is 8.42 Å². The van der Waals surface area contributed by atoms with Crippen molar-refractivity contribution in [3.05, 3.63) is 77.2 Å². The minimum Gasteiger partial charge on any atom is -0.312 e. The normalized spacial score (nSPS) is 11.5. The summed E-state index contributed by atoms with van der Waals surface area (Å²) in [5.41, 5.74) is 1.49. The number of para-hydroxylation sites is 2. The van der Waals surface area contributed by atoms with Gasteiger partial charge in [-0.3, -0.25) is 9.29 Å². The van der Waals surface area contributed by atoms with E-state index >= 15 is 0 Å². The molecule has 0 saturated heterocycles. The molecular weight excluding hydrogens is 382 g/mol. The Morgan fingerprint density at radius 3 is 2.64 bits per heavy atom. The van der Waals surface area contributed by atoms with E-state index in [1.54, 1.807) is 49.5 Å². The van der Waals surface area contributed by atoms with Crippen molar-refractivity contribution in [3.63, 3.8) is 0 Å². The molecule has 4 aromatic rings. The lowest BCUT2D eigenvalue weighted by Crippen LogP contribution is -2.20. The van der Waals surface area contributed by atoms with E-state index in [1.807, 2.05) is 0 Å². The summed E-state index contributed by atoms with van der Waals surface area (Å²) in [6.07, 6.45) is 2.93. The molecule has 2 aromatic heterocycles. The van der Waals surface area contributed by atoms with Gasteiger partial charge in [-0.2, -0.15) is 0 Å². The standard InChI is InChI=1S/C17H15N7O3S/c1-12-10-18-17(25)24(12)16-8-3-2-7-15(16)20-28(26,27)14-6-4-5-13(9-14)23-11-19-21-22-23/h2-11,20H,1H3,(H,18,25). The summed E-state index contributed by atoms with van der Waals surface area (Å²) in [4.78, 5) is 14.7. The largest absolute Gasteiger partial charge is 0.330 e. The van der Waals surface area contributed by atoms with Crippen LogP contribution in [0.2, 0.25) is 0 Å². The Morgan fingerprint density at radius 1 is 1.11 bits per heavy atom. The van der Waals surface area contributed by atoms with Gasteiger partial charge in [0.1, 0.15) is 6.33 Å². The van der Waals surface area contributed by atoms with E-state index in [2.05, 4.69) is 25.2 Å².